The molecule has 5 nitrogen and oxygen atoms in total. The molecule has 0 aliphatic carbocycles. The summed E-state index contributed by atoms with van der Waals surface area (Å²) < 4.78 is 0. The van der Waals surface area contributed by atoms with E-state index in [1.807, 2.05) is 12.1 Å². The molecule has 0 unspecified atom stereocenters. The molecule has 0 amide bonds. The molecule has 2 rings (SSSR count). The first kappa shape index (κ1) is 16.1. The molecule has 1 heterocycles. The van der Waals surface area contributed by atoms with Crippen LogP contribution in [0.2, 0.25) is 0 Å². The fourth-order valence-electron chi connectivity index (χ4n) is 2.33. The number of hydrogen-bond donors (Lipinski definition) is 3. The Kier molecular flexibility index (Phi) is 5.58. The van der Waals surface area contributed by atoms with Crippen LogP contribution in [0.1, 0.15) is 43.7 Å². The Hall–Kier alpha value is -2.30. The molecule has 2 aromatic rings. The van der Waals surface area contributed by atoms with Gasteiger partial charge in [0.2, 0.25) is 0 Å². The quantitative estimate of drug-likeness (QED) is 0.687. The summed E-state index contributed by atoms with van der Waals surface area (Å²) in [4.78, 5) is 27.7. The van der Waals surface area contributed by atoms with Crippen LogP contribution in [0.3, 0.4) is 0 Å². The number of benzene rings is 1. The van der Waals surface area contributed by atoms with Crippen LogP contribution in [0.5, 0.6) is 0 Å². The number of hydrogen-bond acceptors (Lipinski definition) is 3. The van der Waals surface area contributed by atoms with Crippen molar-refractivity contribution in [2.24, 2.45) is 0 Å². The Balaban J connectivity index is 2.02. The van der Waals surface area contributed by atoms with Crippen molar-refractivity contribution in [2.45, 2.75) is 46.0 Å². The van der Waals surface area contributed by atoms with E-state index in [0.29, 0.717) is 11.4 Å². The van der Waals surface area contributed by atoms with Gasteiger partial charge in [-0.25, -0.2) is 4.79 Å². The molecule has 118 valence electrons. The van der Waals surface area contributed by atoms with Crippen LogP contribution >= 0.6 is 0 Å². The summed E-state index contributed by atoms with van der Waals surface area (Å²) in [5.41, 5.74) is 1.73. The van der Waals surface area contributed by atoms with Crippen LogP contribution < -0.4 is 16.6 Å². The van der Waals surface area contributed by atoms with Gasteiger partial charge in [0, 0.05) is 5.69 Å². The maximum absolute atomic E-state index is 11.6. The maximum Gasteiger partial charge on any atom is 0.327 e. The average Bonchev–Trinajstić information content (AvgIpc) is 2.50. The summed E-state index contributed by atoms with van der Waals surface area (Å²) in [7, 11) is 0. The number of nitrogens with one attached hydrogen (secondary N) is 3. The lowest BCUT2D eigenvalue weighted by Gasteiger charge is -2.09. The normalized spacial score (nSPS) is 10.6. The lowest BCUT2D eigenvalue weighted by atomic mass is 10.1. The summed E-state index contributed by atoms with van der Waals surface area (Å²) in [6, 6.07) is 8.09. The van der Waals surface area contributed by atoms with Crippen LogP contribution in [-0.2, 0) is 6.42 Å². The van der Waals surface area contributed by atoms with Gasteiger partial charge in [0.15, 0.2) is 0 Å². The van der Waals surface area contributed by atoms with Gasteiger partial charge in [0.25, 0.3) is 5.56 Å². The van der Waals surface area contributed by atoms with E-state index >= 15 is 0 Å². The van der Waals surface area contributed by atoms with Crippen molar-refractivity contribution in [3.8, 4) is 0 Å². The van der Waals surface area contributed by atoms with Crippen molar-refractivity contribution in [2.75, 3.05) is 5.32 Å². The van der Waals surface area contributed by atoms with Crippen molar-refractivity contribution in [3.63, 3.8) is 0 Å². The second kappa shape index (κ2) is 7.64. The number of H-pyrrole nitrogens is 2. The van der Waals surface area contributed by atoms with E-state index in [1.54, 1.807) is 6.92 Å². The SMILES string of the molecule is CCCCCCc1ccc(Nc2[nH]c(=O)[nH]c(=O)c2C)cc1. The van der Waals surface area contributed by atoms with E-state index in [-0.39, 0.29) is 5.56 Å². The lowest BCUT2D eigenvalue weighted by Crippen LogP contribution is -2.25. The van der Waals surface area contributed by atoms with E-state index in [2.05, 4.69) is 34.3 Å². The molecule has 0 saturated carbocycles. The molecule has 0 spiro atoms. The monoisotopic (exact) mass is 301 g/mol. The fraction of sp³-hybridized carbons (Fsp3) is 0.412. The highest BCUT2D eigenvalue weighted by atomic mass is 16.2. The van der Waals surface area contributed by atoms with Gasteiger partial charge in [-0.15, -0.1) is 0 Å². The zero-order chi connectivity index (χ0) is 15.9. The predicted octanol–water partition coefficient (Wildman–Crippen LogP) is 3.24. The molecular formula is C17H23N3O2. The van der Waals surface area contributed by atoms with Crippen LogP contribution in [0.15, 0.2) is 33.9 Å². The Morgan fingerprint density at radius 2 is 1.73 bits per heavy atom. The number of unbranched alkanes of at least 4 members (excludes halogenated alkanes) is 3. The summed E-state index contributed by atoms with van der Waals surface area (Å²) >= 11 is 0. The Labute approximate surface area is 129 Å². The van der Waals surface area contributed by atoms with Gasteiger partial charge in [-0.2, -0.15) is 0 Å². The number of rotatable bonds is 7. The van der Waals surface area contributed by atoms with Crippen LogP contribution in [0.4, 0.5) is 11.5 Å². The molecule has 0 saturated heterocycles. The van der Waals surface area contributed by atoms with Crippen LogP contribution in [0.25, 0.3) is 0 Å². The predicted molar refractivity (Wildman–Crippen MR) is 90.0 cm³/mol. The molecule has 5 heteroatoms. The van der Waals surface area contributed by atoms with Gasteiger partial charge < -0.3 is 5.32 Å². The highest BCUT2D eigenvalue weighted by Crippen LogP contribution is 2.17. The van der Waals surface area contributed by atoms with Gasteiger partial charge >= 0.3 is 5.69 Å². The van der Waals surface area contributed by atoms with Crippen molar-refractivity contribution < 1.29 is 0 Å². The largest absolute Gasteiger partial charge is 0.341 e. The van der Waals surface area contributed by atoms with Gasteiger partial charge in [0.1, 0.15) is 5.82 Å². The Bertz CT molecular complexity index is 714. The molecule has 0 atom stereocenters. The van der Waals surface area contributed by atoms with E-state index < -0.39 is 5.69 Å². The minimum absolute atomic E-state index is 0.376. The molecule has 0 aliphatic heterocycles. The molecular weight excluding hydrogens is 278 g/mol. The molecule has 1 aromatic carbocycles. The van der Waals surface area contributed by atoms with Crippen molar-refractivity contribution in [1.29, 1.82) is 0 Å². The smallest absolute Gasteiger partial charge is 0.327 e. The summed E-state index contributed by atoms with van der Waals surface area (Å²) in [6.45, 7) is 3.88. The van der Waals surface area contributed by atoms with Crippen LogP contribution in [-0.4, -0.2) is 9.97 Å². The summed E-state index contributed by atoms with van der Waals surface area (Å²) in [5, 5.41) is 3.08. The van der Waals surface area contributed by atoms with E-state index in [4.69, 9.17) is 0 Å². The molecule has 0 bridgehead atoms. The Morgan fingerprint density at radius 1 is 1.00 bits per heavy atom. The molecule has 1 aromatic heterocycles. The summed E-state index contributed by atoms with van der Waals surface area (Å²) in [6.07, 6.45) is 6.09. The first-order valence-corrected chi connectivity index (χ1v) is 7.79. The lowest BCUT2D eigenvalue weighted by molar-refractivity contribution is 0.667. The van der Waals surface area contributed by atoms with Gasteiger partial charge in [-0.05, 0) is 37.5 Å². The van der Waals surface area contributed by atoms with Gasteiger partial charge in [-0.1, -0.05) is 38.3 Å². The Morgan fingerprint density at radius 3 is 2.41 bits per heavy atom. The molecule has 22 heavy (non-hydrogen) atoms. The minimum atomic E-state index is -0.509. The van der Waals surface area contributed by atoms with Gasteiger partial charge in [-0.3, -0.25) is 14.8 Å². The zero-order valence-electron chi connectivity index (χ0n) is 13.2. The van der Waals surface area contributed by atoms with E-state index in [0.717, 1.165) is 12.1 Å². The molecule has 0 fully saturated rings. The van der Waals surface area contributed by atoms with E-state index in [1.165, 1.54) is 31.2 Å². The standard InChI is InChI=1S/C17H23N3O2/c1-3-4-5-6-7-13-8-10-14(11-9-13)18-15-12(2)16(21)20-17(22)19-15/h8-11H,3-7H2,1-2H3,(H3,18,19,20,21,22). The number of aryl methyl sites for hydroxylation is 1. The third kappa shape index (κ3) is 4.35. The molecule has 0 radical (unpaired) electrons. The number of anilines is 2. The van der Waals surface area contributed by atoms with Crippen molar-refractivity contribution in [1.82, 2.24) is 9.97 Å². The fourth-order valence-corrected chi connectivity index (χ4v) is 2.33. The molecule has 3 N–H and O–H groups in total. The van der Waals surface area contributed by atoms with Crippen molar-refractivity contribution in [3.05, 3.63) is 56.2 Å². The minimum Gasteiger partial charge on any atom is -0.341 e. The number of aromatic nitrogens is 2. The highest BCUT2D eigenvalue weighted by molar-refractivity contribution is 5.58. The number of aromatic amines is 2. The maximum atomic E-state index is 11.6. The molecule has 0 aliphatic rings. The highest BCUT2D eigenvalue weighted by Gasteiger charge is 2.04. The summed E-state index contributed by atoms with van der Waals surface area (Å²) in [5.74, 6) is 0.435. The topological polar surface area (TPSA) is 77.8 Å². The third-order valence-electron chi connectivity index (χ3n) is 3.72. The average molecular weight is 301 g/mol. The van der Waals surface area contributed by atoms with Crippen LogP contribution in [0, 0.1) is 6.92 Å². The van der Waals surface area contributed by atoms with Gasteiger partial charge in [0.05, 0.1) is 5.56 Å². The first-order chi connectivity index (χ1) is 10.6. The third-order valence-corrected chi connectivity index (χ3v) is 3.72. The van der Waals surface area contributed by atoms with E-state index in [9.17, 15) is 9.59 Å². The van der Waals surface area contributed by atoms with Crippen molar-refractivity contribution >= 4 is 11.5 Å². The first-order valence-electron chi connectivity index (χ1n) is 7.79. The second-order valence-electron chi connectivity index (χ2n) is 5.54. The second-order valence-corrected chi connectivity index (χ2v) is 5.54. The zero-order valence-corrected chi connectivity index (χ0v) is 13.2.